The average molecular weight is 243 g/mol. The Morgan fingerprint density at radius 2 is 1.18 bits per heavy atom. The summed E-state index contributed by atoms with van der Waals surface area (Å²) in [5, 5.41) is 0. The van der Waals surface area contributed by atoms with Gasteiger partial charge in [0.25, 0.3) is 0 Å². The Kier molecular flexibility index (Phi) is 6.66. The fourth-order valence-corrected chi connectivity index (χ4v) is 5.04. The van der Waals surface area contributed by atoms with Gasteiger partial charge in [-0.1, -0.05) is 0 Å². The van der Waals surface area contributed by atoms with E-state index in [9.17, 15) is 0 Å². The summed E-state index contributed by atoms with van der Waals surface area (Å²) in [6.45, 7) is 7.26. The van der Waals surface area contributed by atoms with Crippen molar-refractivity contribution in [3.05, 3.63) is 0 Å². The Morgan fingerprint density at radius 3 is 1.36 bits per heavy atom. The van der Waals surface area contributed by atoms with Crippen LogP contribution in [0.25, 0.3) is 0 Å². The van der Waals surface area contributed by atoms with Crippen molar-refractivity contribution >= 4 is 23.4 Å². The van der Waals surface area contributed by atoms with Crippen LogP contribution >= 0.6 is 10.0 Å². The molecule has 0 aliphatic carbocycles. The molecular weight excluding hydrogens is 228 g/mol. The SMILES string of the molecule is CC[O][Ge]([Cl])([O]CC)[O]CC. The van der Waals surface area contributed by atoms with Crippen LogP contribution in [-0.4, -0.2) is 33.2 Å². The van der Waals surface area contributed by atoms with Crippen LogP contribution in [0.1, 0.15) is 20.8 Å². The first-order valence-electron chi connectivity index (χ1n) is 3.79. The second-order valence-corrected chi connectivity index (χ2v) is 8.02. The molecule has 0 fully saturated rings. The molecule has 0 aliphatic heterocycles. The molecule has 0 spiro atoms. The van der Waals surface area contributed by atoms with Gasteiger partial charge in [0.15, 0.2) is 0 Å². The van der Waals surface area contributed by atoms with Gasteiger partial charge in [-0.3, -0.25) is 0 Å². The maximum absolute atomic E-state index is 5.96. The van der Waals surface area contributed by atoms with Gasteiger partial charge in [0.1, 0.15) is 0 Å². The molecule has 0 bridgehead atoms. The molecule has 0 aromatic carbocycles. The molecule has 0 unspecified atom stereocenters. The van der Waals surface area contributed by atoms with Crippen molar-refractivity contribution in [1.29, 1.82) is 0 Å². The maximum atomic E-state index is 5.96. The van der Waals surface area contributed by atoms with Gasteiger partial charge in [-0.05, 0) is 0 Å². The van der Waals surface area contributed by atoms with Crippen molar-refractivity contribution in [3.63, 3.8) is 0 Å². The van der Waals surface area contributed by atoms with E-state index in [2.05, 4.69) is 0 Å². The van der Waals surface area contributed by atoms with E-state index in [0.717, 1.165) is 0 Å². The zero-order valence-electron chi connectivity index (χ0n) is 7.22. The molecule has 0 aromatic heterocycles. The van der Waals surface area contributed by atoms with Crippen LogP contribution in [0.4, 0.5) is 0 Å². The molecule has 5 heteroatoms. The summed E-state index contributed by atoms with van der Waals surface area (Å²) in [4.78, 5) is 0. The molecular formula is C6H15ClGeO3. The van der Waals surface area contributed by atoms with Crippen molar-refractivity contribution in [3.8, 4) is 0 Å². The summed E-state index contributed by atoms with van der Waals surface area (Å²) in [6.07, 6.45) is 0. The minimum absolute atomic E-state index is 0.545. The molecule has 0 amide bonds. The van der Waals surface area contributed by atoms with E-state index in [-0.39, 0.29) is 0 Å². The summed E-state index contributed by atoms with van der Waals surface area (Å²) in [5.74, 6) is 0. The molecule has 0 heterocycles. The van der Waals surface area contributed by atoms with Crippen molar-refractivity contribution in [2.75, 3.05) is 19.8 Å². The molecule has 0 N–H and O–H groups in total. The van der Waals surface area contributed by atoms with Gasteiger partial charge in [0.05, 0.1) is 0 Å². The molecule has 3 nitrogen and oxygen atoms in total. The van der Waals surface area contributed by atoms with E-state index < -0.39 is 13.3 Å². The first kappa shape index (κ1) is 11.7. The van der Waals surface area contributed by atoms with Gasteiger partial charge in [-0.25, -0.2) is 0 Å². The Morgan fingerprint density at radius 1 is 0.909 bits per heavy atom. The van der Waals surface area contributed by atoms with Crippen molar-refractivity contribution in [1.82, 2.24) is 0 Å². The van der Waals surface area contributed by atoms with Crippen LogP contribution in [0, 0.1) is 0 Å². The Labute approximate surface area is 75.5 Å². The third-order valence-electron chi connectivity index (χ3n) is 0.950. The quantitative estimate of drug-likeness (QED) is 0.665. The molecule has 0 atom stereocenters. The summed E-state index contributed by atoms with van der Waals surface area (Å²) in [7, 11) is 5.96. The molecule has 0 saturated carbocycles. The first-order chi connectivity index (χ1) is 5.18. The van der Waals surface area contributed by atoms with Gasteiger partial charge in [-0.2, -0.15) is 0 Å². The normalized spacial score (nSPS) is 12.0. The standard InChI is InChI=1S/C6H15ClGeO3/c1-4-9-8(7,10-5-2)11-6-3/h4-6H2,1-3H3. The number of hydrogen-bond donors (Lipinski definition) is 0. The first-order valence-corrected chi connectivity index (χ1v) is 9.12. The van der Waals surface area contributed by atoms with Crippen molar-refractivity contribution in [2.45, 2.75) is 20.8 Å². The average Bonchev–Trinajstić information content (AvgIpc) is 1.88. The molecule has 11 heavy (non-hydrogen) atoms. The molecule has 0 rings (SSSR count). The second kappa shape index (κ2) is 6.25. The third kappa shape index (κ3) is 5.03. The van der Waals surface area contributed by atoms with E-state index >= 15 is 0 Å². The van der Waals surface area contributed by atoms with E-state index in [1.807, 2.05) is 20.8 Å². The molecule has 0 radical (unpaired) electrons. The molecule has 0 saturated heterocycles. The Bertz CT molecular complexity index is 84.8. The van der Waals surface area contributed by atoms with Crippen LogP contribution < -0.4 is 0 Å². The minimum atomic E-state index is -3.27. The fourth-order valence-electron chi connectivity index (χ4n) is 0.642. The third-order valence-corrected chi connectivity index (χ3v) is 6.64. The van der Waals surface area contributed by atoms with Gasteiger partial charge in [0, 0.05) is 0 Å². The van der Waals surface area contributed by atoms with Crippen molar-refractivity contribution < 1.29 is 11.3 Å². The number of hydrogen-bond acceptors (Lipinski definition) is 3. The molecule has 0 aliphatic rings. The van der Waals surface area contributed by atoms with Crippen LogP contribution in [0.3, 0.4) is 0 Å². The molecule has 68 valence electrons. The van der Waals surface area contributed by atoms with Gasteiger partial charge >= 0.3 is 75.2 Å². The van der Waals surface area contributed by atoms with Crippen LogP contribution in [0.5, 0.6) is 0 Å². The predicted molar refractivity (Wildman–Crippen MR) is 46.5 cm³/mol. The summed E-state index contributed by atoms with van der Waals surface area (Å²) >= 11 is -3.27. The number of halogens is 1. The predicted octanol–water partition coefficient (Wildman–Crippen LogP) is 1.77. The summed E-state index contributed by atoms with van der Waals surface area (Å²) < 4.78 is 15.7. The monoisotopic (exact) mass is 244 g/mol. The fraction of sp³-hybridized carbons (Fsp3) is 1.00. The summed E-state index contributed by atoms with van der Waals surface area (Å²) in [6, 6.07) is 0. The number of rotatable bonds is 6. The van der Waals surface area contributed by atoms with Gasteiger partial charge in [0.2, 0.25) is 0 Å². The van der Waals surface area contributed by atoms with Gasteiger partial charge in [-0.15, -0.1) is 0 Å². The Balaban J connectivity index is 3.79. The Hall–Kier alpha value is 0.713. The van der Waals surface area contributed by atoms with Crippen LogP contribution in [0.2, 0.25) is 0 Å². The van der Waals surface area contributed by atoms with Crippen LogP contribution in [-0.2, 0) is 11.3 Å². The van der Waals surface area contributed by atoms with Crippen molar-refractivity contribution in [2.24, 2.45) is 0 Å². The second-order valence-electron chi connectivity index (χ2n) is 1.78. The van der Waals surface area contributed by atoms with E-state index in [1.165, 1.54) is 0 Å². The topological polar surface area (TPSA) is 27.7 Å². The molecule has 0 aromatic rings. The van der Waals surface area contributed by atoms with E-state index in [4.69, 9.17) is 21.3 Å². The zero-order valence-corrected chi connectivity index (χ0v) is 10.1. The van der Waals surface area contributed by atoms with Crippen LogP contribution in [0.15, 0.2) is 0 Å². The zero-order chi connectivity index (χ0) is 8.74. The summed E-state index contributed by atoms with van der Waals surface area (Å²) in [5.41, 5.74) is 0. The van der Waals surface area contributed by atoms with E-state index in [0.29, 0.717) is 19.8 Å². The van der Waals surface area contributed by atoms with E-state index in [1.54, 1.807) is 0 Å². The van der Waals surface area contributed by atoms with Gasteiger partial charge < -0.3 is 0 Å².